The Kier molecular flexibility index (Phi) is 15.7. The summed E-state index contributed by atoms with van der Waals surface area (Å²) in [5.74, 6) is -1.79. The van der Waals surface area contributed by atoms with E-state index in [1.807, 2.05) is 0 Å². The fourth-order valence-electron chi connectivity index (χ4n) is 3.04. The maximum absolute atomic E-state index is 12.3. The molecule has 1 saturated heterocycles. The number of amides is 1. The summed E-state index contributed by atoms with van der Waals surface area (Å²) < 4.78 is 12.1. The van der Waals surface area contributed by atoms with Gasteiger partial charge in [-0.2, -0.15) is 0 Å². The van der Waals surface area contributed by atoms with E-state index in [1.54, 1.807) is 0 Å². The van der Waals surface area contributed by atoms with Crippen LogP contribution in [0, 0.1) is 0 Å². The molecule has 7 nitrogen and oxygen atoms in total. The Hall–Kier alpha value is 0.285. The normalized spacial score (nSPS) is 19.8. The van der Waals surface area contributed by atoms with Crippen molar-refractivity contribution in [2.75, 3.05) is 12.7 Å². The average Bonchev–Trinajstić information content (AvgIpc) is 2.99. The van der Waals surface area contributed by atoms with E-state index in [-0.39, 0.29) is 43.9 Å². The molecule has 0 bridgehead atoms. The first-order valence-electron chi connectivity index (χ1n) is 8.87. The minimum absolute atomic E-state index is 0. The standard InChI is InChI=1S/C16H31N2O5P.2Li/c1-3-4-5-6-7-8-12-24(22,23)17-13(2)15(19)18-11-9-10-14(18)16(20)21;;/h13-14H,3-12H2,1-2H3,(H,20,21)(H2,17,22,23);;/q;2*+1/p-2/t13-,14-;;/m0../s1. The number of carbonyl (C=O) groups is 2. The minimum Gasteiger partial charge on any atom is -0.788 e. The zero-order valence-electron chi connectivity index (χ0n) is 16.7. The van der Waals surface area contributed by atoms with E-state index in [2.05, 4.69) is 12.0 Å². The number of hydrogen-bond acceptors (Lipinski definition) is 5. The molecule has 0 radical (unpaired) electrons. The van der Waals surface area contributed by atoms with Gasteiger partial charge in [0.1, 0.15) is 0 Å². The number of nitrogens with zero attached hydrogens (tertiary/aromatic N) is 1. The molecule has 0 spiro atoms. The number of carbonyl (C=O) groups excluding carboxylic acids is 2. The quantitative estimate of drug-likeness (QED) is 0.220. The Balaban J connectivity index is 0. The van der Waals surface area contributed by atoms with Gasteiger partial charge in [-0.25, -0.2) is 0 Å². The third-order valence-corrected chi connectivity index (χ3v) is 6.06. The van der Waals surface area contributed by atoms with E-state index in [0.29, 0.717) is 25.8 Å². The second kappa shape index (κ2) is 14.3. The van der Waals surface area contributed by atoms with Gasteiger partial charge in [0.2, 0.25) is 5.91 Å². The summed E-state index contributed by atoms with van der Waals surface area (Å²) in [7, 11) is -3.85. The molecule has 0 aromatic carbocycles. The van der Waals surface area contributed by atoms with Crippen LogP contribution >= 0.6 is 7.52 Å². The van der Waals surface area contributed by atoms with Crippen molar-refractivity contribution in [2.45, 2.75) is 77.3 Å². The van der Waals surface area contributed by atoms with Crippen LogP contribution < -0.4 is 52.8 Å². The first kappa shape index (κ1) is 28.5. The smallest absolute Gasteiger partial charge is 0.788 e. The predicted molar refractivity (Wildman–Crippen MR) is 88.2 cm³/mol. The number of aliphatic carboxylic acids is 1. The number of hydrogen-bond donors (Lipinski definition) is 1. The summed E-state index contributed by atoms with van der Waals surface area (Å²) in [4.78, 5) is 36.6. The first-order chi connectivity index (χ1) is 11.3. The Morgan fingerprint density at radius 2 is 1.77 bits per heavy atom. The van der Waals surface area contributed by atoms with E-state index in [1.165, 1.54) is 11.8 Å². The molecule has 1 N–H and O–H groups in total. The van der Waals surface area contributed by atoms with Crippen molar-refractivity contribution in [3.05, 3.63) is 0 Å². The largest absolute Gasteiger partial charge is 1.00 e. The average molecular weight is 374 g/mol. The third-order valence-electron chi connectivity index (χ3n) is 4.37. The van der Waals surface area contributed by atoms with Crippen LogP contribution in [0.4, 0.5) is 0 Å². The van der Waals surface area contributed by atoms with Crippen molar-refractivity contribution in [1.82, 2.24) is 9.99 Å². The number of unbranched alkanes of at least 4 members (excludes halogenated alkanes) is 5. The Bertz CT molecular complexity index is 482. The fourth-order valence-corrected chi connectivity index (χ4v) is 4.51. The molecule has 0 aliphatic carbocycles. The van der Waals surface area contributed by atoms with Crippen LogP contribution in [-0.4, -0.2) is 41.6 Å². The van der Waals surface area contributed by atoms with E-state index < -0.39 is 31.5 Å². The number of carboxylic acids is 1. The van der Waals surface area contributed by atoms with Gasteiger partial charge in [-0.3, -0.25) is 9.88 Å². The molecule has 0 aromatic heterocycles. The molecular formula is C16H29Li2N2O5P. The zero-order valence-corrected chi connectivity index (χ0v) is 17.6. The molecule has 1 unspecified atom stereocenters. The number of nitrogens with one attached hydrogen (secondary N) is 1. The summed E-state index contributed by atoms with van der Waals surface area (Å²) in [5, 5.41) is 13.4. The second-order valence-electron chi connectivity index (χ2n) is 6.52. The van der Waals surface area contributed by atoms with Crippen LogP contribution in [-0.2, 0) is 14.2 Å². The van der Waals surface area contributed by atoms with Gasteiger partial charge in [0.25, 0.3) is 0 Å². The van der Waals surface area contributed by atoms with Crippen molar-refractivity contribution in [1.29, 1.82) is 0 Å². The number of likely N-dealkylation sites (tertiary alicyclic amines) is 1. The van der Waals surface area contributed by atoms with Gasteiger partial charge in [-0.15, -0.1) is 0 Å². The van der Waals surface area contributed by atoms with Crippen molar-refractivity contribution in [3.8, 4) is 0 Å². The fraction of sp³-hybridized carbons (Fsp3) is 0.875. The van der Waals surface area contributed by atoms with E-state index in [0.717, 1.165) is 32.1 Å². The van der Waals surface area contributed by atoms with Gasteiger partial charge in [-0.05, 0) is 26.2 Å². The predicted octanol–water partition coefficient (Wildman–Crippen LogP) is -5.37. The van der Waals surface area contributed by atoms with Crippen LogP contribution in [0.2, 0.25) is 0 Å². The minimum atomic E-state index is -3.85. The van der Waals surface area contributed by atoms with Crippen LogP contribution in [0.5, 0.6) is 0 Å². The van der Waals surface area contributed by atoms with E-state index >= 15 is 0 Å². The summed E-state index contributed by atoms with van der Waals surface area (Å²) in [6.07, 6.45) is 6.82. The van der Waals surface area contributed by atoms with Gasteiger partial charge in [0, 0.05) is 12.7 Å². The molecule has 0 aromatic rings. The number of rotatable bonds is 11. The molecule has 26 heavy (non-hydrogen) atoms. The van der Waals surface area contributed by atoms with Crippen molar-refractivity contribution in [3.63, 3.8) is 0 Å². The Morgan fingerprint density at radius 1 is 1.19 bits per heavy atom. The summed E-state index contributed by atoms with van der Waals surface area (Å²) >= 11 is 0. The topological polar surface area (TPSA) is 113 Å². The second-order valence-corrected chi connectivity index (χ2v) is 8.58. The van der Waals surface area contributed by atoms with E-state index in [4.69, 9.17) is 0 Å². The molecule has 10 heteroatoms. The van der Waals surface area contributed by atoms with Crippen molar-refractivity contribution < 1.29 is 61.9 Å². The molecule has 1 fully saturated rings. The SMILES string of the molecule is CCCCCCCCP(=O)([O-])N[C@@H](C)C(=O)N1CCC[C@H]1C(=O)[O-].[Li+].[Li+]. The molecular weight excluding hydrogens is 345 g/mol. The molecule has 1 aliphatic heterocycles. The zero-order chi connectivity index (χ0) is 18.2. The van der Waals surface area contributed by atoms with E-state index in [9.17, 15) is 24.2 Å². The van der Waals surface area contributed by atoms with Gasteiger partial charge >= 0.3 is 37.7 Å². The number of carboxylic acid groups (broad SMARTS) is 1. The Labute approximate surface area is 180 Å². The van der Waals surface area contributed by atoms with Gasteiger partial charge in [0.05, 0.1) is 25.6 Å². The molecule has 140 valence electrons. The molecule has 3 atom stereocenters. The molecule has 1 heterocycles. The molecule has 1 aliphatic rings. The van der Waals surface area contributed by atoms with Crippen molar-refractivity contribution >= 4 is 19.4 Å². The molecule has 1 amide bonds. The summed E-state index contributed by atoms with van der Waals surface area (Å²) in [5.41, 5.74) is 0. The third kappa shape index (κ3) is 10.0. The molecule has 0 saturated carbocycles. The van der Waals surface area contributed by atoms with Crippen molar-refractivity contribution in [2.24, 2.45) is 0 Å². The van der Waals surface area contributed by atoms with Gasteiger partial charge in [-0.1, -0.05) is 39.0 Å². The van der Waals surface area contributed by atoms with Gasteiger partial charge in [0.15, 0.2) is 0 Å². The van der Waals surface area contributed by atoms with Gasteiger partial charge < -0.3 is 24.3 Å². The van der Waals surface area contributed by atoms with Crippen LogP contribution in [0.3, 0.4) is 0 Å². The molecule has 1 rings (SSSR count). The van der Waals surface area contributed by atoms with Crippen LogP contribution in [0.25, 0.3) is 0 Å². The maximum atomic E-state index is 12.3. The Morgan fingerprint density at radius 3 is 2.35 bits per heavy atom. The van der Waals surface area contributed by atoms with Crippen LogP contribution in [0.15, 0.2) is 0 Å². The summed E-state index contributed by atoms with van der Waals surface area (Å²) in [6, 6.07) is -1.90. The maximum Gasteiger partial charge on any atom is 1.00 e. The monoisotopic (exact) mass is 374 g/mol. The first-order valence-corrected chi connectivity index (χ1v) is 10.7. The summed E-state index contributed by atoms with van der Waals surface area (Å²) in [6.45, 7) is 3.91. The van der Waals surface area contributed by atoms with Crippen LogP contribution in [0.1, 0.15) is 65.2 Å².